The summed E-state index contributed by atoms with van der Waals surface area (Å²) in [6.45, 7) is 2.19. The molecule has 0 aromatic heterocycles. The molecule has 0 aromatic rings. The van der Waals surface area contributed by atoms with Gasteiger partial charge in [0, 0.05) is 6.42 Å². The lowest BCUT2D eigenvalue weighted by Gasteiger charge is -2.44. The number of carbonyl (C=O) groups excluding carboxylic acids is 1. The summed E-state index contributed by atoms with van der Waals surface area (Å²) in [7, 11) is 0. The van der Waals surface area contributed by atoms with Gasteiger partial charge in [0.1, 0.15) is 73.2 Å². The molecule has 0 saturated carbocycles. The maximum atomic E-state index is 13.4. The summed E-state index contributed by atoms with van der Waals surface area (Å²) in [5.41, 5.74) is 0. The van der Waals surface area contributed by atoms with Crippen molar-refractivity contribution in [1.29, 1.82) is 0 Å². The van der Waals surface area contributed by atoms with Crippen molar-refractivity contribution >= 4 is 5.91 Å². The maximum Gasteiger partial charge on any atom is 0.220 e. The van der Waals surface area contributed by atoms with Gasteiger partial charge in [-0.2, -0.15) is 0 Å². The molecule has 3 fully saturated rings. The van der Waals surface area contributed by atoms with Gasteiger partial charge in [0.05, 0.1) is 38.6 Å². The molecule has 12 N–H and O–H groups in total. The van der Waals surface area contributed by atoms with Crippen LogP contribution in [-0.4, -0.2) is 193 Å². The van der Waals surface area contributed by atoms with E-state index in [1.54, 1.807) is 6.08 Å². The number of nitrogens with one attached hydrogen (secondary N) is 1. The van der Waals surface area contributed by atoms with Gasteiger partial charge >= 0.3 is 0 Å². The molecule has 3 saturated heterocycles. The fourth-order valence-electron chi connectivity index (χ4n) is 10.9. The average molecular weight is 1190 g/mol. The molecule has 3 aliphatic heterocycles. The Hall–Kier alpha value is -1.99. The smallest absolute Gasteiger partial charge is 0.220 e. The second-order valence-electron chi connectivity index (χ2n) is 23.7. The lowest BCUT2D eigenvalue weighted by atomic mass is 9.98. The first-order valence-electron chi connectivity index (χ1n) is 32.7. The van der Waals surface area contributed by atoms with Crippen molar-refractivity contribution in [3.8, 4) is 0 Å². The molecular weight excluding hydrogens is 1070 g/mol. The predicted octanol–water partition coefficient (Wildman–Crippen LogP) is 7.27. The average Bonchev–Trinajstić information content (AvgIpc) is 3.68. The van der Waals surface area contributed by atoms with Crippen LogP contribution in [0.25, 0.3) is 0 Å². The van der Waals surface area contributed by atoms with Gasteiger partial charge in [-0.25, -0.2) is 0 Å². The number of aliphatic hydroxyl groups excluding tert-OH is 11. The first-order valence-corrected chi connectivity index (χ1v) is 32.7. The van der Waals surface area contributed by atoms with E-state index in [1.807, 2.05) is 6.08 Å². The molecule has 1 amide bonds. The van der Waals surface area contributed by atoms with E-state index in [2.05, 4.69) is 43.5 Å². The van der Waals surface area contributed by atoms with Crippen molar-refractivity contribution in [2.45, 2.75) is 336 Å². The fourth-order valence-corrected chi connectivity index (χ4v) is 10.9. The van der Waals surface area contributed by atoms with Gasteiger partial charge in [-0.05, 0) is 38.5 Å². The van der Waals surface area contributed by atoms with E-state index in [9.17, 15) is 61.0 Å². The van der Waals surface area contributed by atoms with E-state index in [4.69, 9.17) is 28.4 Å². The second kappa shape index (κ2) is 47.1. The Morgan fingerprint density at radius 2 is 0.771 bits per heavy atom. The lowest BCUT2D eigenvalue weighted by Crippen LogP contribution is -2.63. The van der Waals surface area contributed by atoms with Crippen molar-refractivity contribution in [2.75, 3.05) is 26.4 Å². The summed E-state index contributed by atoms with van der Waals surface area (Å²) in [4.78, 5) is 13.4. The van der Waals surface area contributed by atoms with Crippen LogP contribution >= 0.6 is 0 Å². The first kappa shape index (κ1) is 75.3. The normalized spacial score (nSPS) is 29.6. The highest BCUT2D eigenvalue weighted by Gasteiger charge is 2.49. The van der Waals surface area contributed by atoms with Crippen molar-refractivity contribution in [3.05, 3.63) is 36.5 Å². The van der Waals surface area contributed by atoms with Crippen molar-refractivity contribution in [3.63, 3.8) is 0 Å². The molecule has 3 rings (SSSR count). The zero-order valence-corrected chi connectivity index (χ0v) is 50.9. The minimum atomic E-state index is -1.86. The number of allylic oxidation sites excluding steroid dienone is 5. The van der Waals surface area contributed by atoms with Crippen LogP contribution < -0.4 is 5.32 Å². The highest BCUT2D eigenvalue weighted by Crippen LogP contribution is 2.29. The van der Waals surface area contributed by atoms with Crippen LogP contribution in [0.4, 0.5) is 0 Å². The van der Waals surface area contributed by atoms with Gasteiger partial charge in [0.2, 0.25) is 5.91 Å². The second-order valence-corrected chi connectivity index (χ2v) is 23.7. The Morgan fingerprint density at radius 1 is 0.422 bits per heavy atom. The van der Waals surface area contributed by atoms with E-state index >= 15 is 0 Å². The summed E-state index contributed by atoms with van der Waals surface area (Å²) in [6.07, 6.45) is 26.2. The van der Waals surface area contributed by atoms with Crippen LogP contribution in [0.1, 0.15) is 232 Å². The Labute approximate surface area is 498 Å². The summed E-state index contributed by atoms with van der Waals surface area (Å²) in [6, 6.07) is -0.995. The molecule has 17 unspecified atom stereocenters. The SMILES string of the molecule is CCCCCCCCCCC=CCC=CCCC=CC(O)C(COC1OC(COC2OC(COC3OC(CO)C(O)C(O)C3O)C(O)C(O)C2O)C(O)C(O)C1O)NC(=O)CCCCCCCCCCCCCCCCCCCCCCC. The van der Waals surface area contributed by atoms with Crippen LogP contribution in [0, 0.1) is 0 Å². The van der Waals surface area contributed by atoms with Crippen molar-refractivity contribution in [1.82, 2.24) is 5.32 Å². The van der Waals surface area contributed by atoms with Crippen LogP contribution in [0.2, 0.25) is 0 Å². The van der Waals surface area contributed by atoms with Crippen molar-refractivity contribution < 1.29 is 89.4 Å². The predicted molar refractivity (Wildman–Crippen MR) is 319 cm³/mol. The summed E-state index contributed by atoms with van der Waals surface area (Å²) < 4.78 is 34.0. The summed E-state index contributed by atoms with van der Waals surface area (Å²) >= 11 is 0. The molecule has 0 bridgehead atoms. The number of amides is 1. The number of hydrogen-bond donors (Lipinski definition) is 12. The largest absolute Gasteiger partial charge is 0.394 e. The van der Waals surface area contributed by atoms with Crippen LogP contribution in [0.15, 0.2) is 36.5 Å². The Bertz CT molecular complexity index is 1660. The summed E-state index contributed by atoms with van der Waals surface area (Å²) in [5, 5.41) is 119. The summed E-state index contributed by atoms with van der Waals surface area (Å²) in [5.74, 6) is -0.288. The number of rotatable bonds is 49. The highest BCUT2D eigenvalue weighted by atomic mass is 16.7. The van der Waals surface area contributed by atoms with Gasteiger partial charge in [-0.1, -0.05) is 224 Å². The van der Waals surface area contributed by atoms with E-state index in [0.29, 0.717) is 12.8 Å². The number of unbranched alkanes of at least 4 members (excludes halogenated alkanes) is 29. The molecular formula is C64H117NO18. The molecule has 83 heavy (non-hydrogen) atoms. The minimum absolute atomic E-state index is 0.235. The number of carbonyl (C=O) groups is 1. The number of ether oxygens (including phenoxy) is 6. The Morgan fingerprint density at radius 3 is 1.19 bits per heavy atom. The molecule has 3 heterocycles. The Kier molecular flexibility index (Phi) is 42.7. The monoisotopic (exact) mass is 1190 g/mol. The molecule has 3 aliphatic rings. The molecule has 19 heteroatoms. The zero-order valence-electron chi connectivity index (χ0n) is 50.9. The van der Waals surface area contributed by atoms with Crippen LogP contribution in [0.3, 0.4) is 0 Å². The Balaban J connectivity index is 1.47. The third kappa shape index (κ3) is 31.2. The maximum absolute atomic E-state index is 13.4. The highest BCUT2D eigenvalue weighted by molar-refractivity contribution is 5.76. The topological polar surface area (TPSA) is 307 Å². The van der Waals surface area contributed by atoms with Crippen LogP contribution in [-0.2, 0) is 33.2 Å². The van der Waals surface area contributed by atoms with E-state index in [0.717, 1.165) is 38.5 Å². The molecule has 0 aliphatic carbocycles. The molecule has 0 aromatic carbocycles. The molecule has 17 atom stereocenters. The lowest BCUT2D eigenvalue weighted by molar-refractivity contribution is -0.342. The van der Waals surface area contributed by atoms with Gasteiger partial charge < -0.3 is 89.9 Å². The minimum Gasteiger partial charge on any atom is -0.394 e. The molecule has 486 valence electrons. The fraction of sp³-hybridized carbons (Fsp3) is 0.891. The first-order chi connectivity index (χ1) is 40.2. The number of hydrogen-bond acceptors (Lipinski definition) is 18. The van der Waals surface area contributed by atoms with Gasteiger partial charge in [-0.15, -0.1) is 0 Å². The third-order valence-electron chi connectivity index (χ3n) is 16.4. The molecule has 0 spiro atoms. The quantitative estimate of drug-likeness (QED) is 0.0211. The van der Waals surface area contributed by atoms with Gasteiger partial charge in [0.25, 0.3) is 0 Å². The van der Waals surface area contributed by atoms with Crippen LogP contribution in [0.5, 0.6) is 0 Å². The van der Waals surface area contributed by atoms with Crippen molar-refractivity contribution in [2.24, 2.45) is 0 Å². The van der Waals surface area contributed by atoms with Gasteiger partial charge in [-0.3, -0.25) is 4.79 Å². The standard InChI is InChI=1S/C64H117NO18/c1-3-5-7-9-11-13-15-17-19-21-22-23-24-26-28-30-32-34-36-38-40-42-52(68)65-47(48(67)41-39-37-35-33-31-29-27-25-20-18-16-14-12-10-8-6-4-2)44-78-62-60(76)57(73)54(70)50(82-62)46-80-64-61(77)58(74)55(71)51(83-64)45-79-63-59(75)56(72)53(69)49(43-66)81-63/h25,27,31,33,39,41,47-51,53-64,66-67,69-77H,3-24,26,28-30,32,34-38,40,42-46H2,1-2H3,(H,65,68). The van der Waals surface area contributed by atoms with E-state index in [1.165, 1.54) is 161 Å². The molecule has 19 nitrogen and oxygen atoms in total. The number of aliphatic hydroxyl groups is 11. The van der Waals surface area contributed by atoms with E-state index in [-0.39, 0.29) is 18.9 Å². The van der Waals surface area contributed by atoms with E-state index < -0.39 is 124 Å². The third-order valence-corrected chi connectivity index (χ3v) is 16.4. The van der Waals surface area contributed by atoms with Gasteiger partial charge in [0.15, 0.2) is 18.9 Å². The molecule has 0 radical (unpaired) electrons. The zero-order chi connectivity index (χ0) is 60.5.